The molecule has 0 amide bonds. The number of aromatic nitrogens is 2. The van der Waals surface area contributed by atoms with Crippen LogP contribution in [-0.2, 0) is 13.1 Å². The highest BCUT2D eigenvalue weighted by Crippen LogP contribution is 2.27. The Kier molecular flexibility index (Phi) is 4.67. The summed E-state index contributed by atoms with van der Waals surface area (Å²) in [6.45, 7) is 6.85. The van der Waals surface area contributed by atoms with Crippen LogP contribution in [0.2, 0.25) is 0 Å². The van der Waals surface area contributed by atoms with Crippen LogP contribution >= 0.6 is 0 Å². The smallest absolute Gasteiger partial charge is 0.124 e. The number of rotatable bonds is 4. The summed E-state index contributed by atoms with van der Waals surface area (Å²) < 4.78 is 2.37. The van der Waals surface area contributed by atoms with E-state index in [1.165, 1.54) is 11.1 Å². The number of fused-ring (bicyclic) bond motifs is 2. The zero-order valence-corrected chi connectivity index (χ0v) is 16.4. The molecule has 5 rings (SSSR count). The molecule has 0 saturated carbocycles. The lowest BCUT2D eigenvalue weighted by atomic mass is 10.1. The molecule has 146 valence electrons. The fraction of sp³-hybridized carbons (Fsp3) is 0.435. The number of hydrogen-bond donors (Lipinski definition) is 1. The first-order chi connectivity index (χ1) is 13.7. The van der Waals surface area contributed by atoms with E-state index in [0.717, 1.165) is 50.5 Å². The Morgan fingerprint density at radius 2 is 1.75 bits per heavy atom. The van der Waals surface area contributed by atoms with Crippen LogP contribution in [0.1, 0.15) is 24.7 Å². The molecule has 3 aromatic rings. The largest absolute Gasteiger partial charge is 0.392 e. The van der Waals surface area contributed by atoms with Gasteiger partial charge in [-0.1, -0.05) is 42.5 Å². The van der Waals surface area contributed by atoms with Gasteiger partial charge in [0.05, 0.1) is 23.7 Å². The van der Waals surface area contributed by atoms with Crippen molar-refractivity contribution in [1.29, 1.82) is 0 Å². The van der Waals surface area contributed by atoms with Gasteiger partial charge in [0.1, 0.15) is 5.82 Å². The maximum Gasteiger partial charge on any atom is 0.124 e. The van der Waals surface area contributed by atoms with Gasteiger partial charge in [-0.25, -0.2) is 4.98 Å². The molecule has 3 atom stereocenters. The summed E-state index contributed by atoms with van der Waals surface area (Å²) in [5.74, 6) is 1.13. The highest BCUT2D eigenvalue weighted by Gasteiger charge is 2.38. The molecular formula is C23H28N4O. The lowest BCUT2D eigenvalue weighted by molar-refractivity contribution is 0.0505. The lowest BCUT2D eigenvalue weighted by Gasteiger charge is -2.42. The van der Waals surface area contributed by atoms with Crippen LogP contribution in [0.5, 0.6) is 0 Å². The van der Waals surface area contributed by atoms with Crippen LogP contribution < -0.4 is 0 Å². The van der Waals surface area contributed by atoms with Crippen LogP contribution in [0.3, 0.4) is 0 Å². The van der Waals surface area contributed by atoms with Crippen LogP contribution in [0, 0.1) is 0 Å². The van der Waals surface area contributed by atoms with Gasteiger partial charge in [0.15, 0.2) is 0 Å². The van der Waals surface area contributed by atoms with Gasteiger partial charge in [0, 0.05) is 38.3 Å². The first-order valence-corrected chi connectivity index (χ1v) is 10.3. The summed E-state index contributed by atoms with van der Waals surface area (Å²) in [5.41, 5.74) is 3.56. The molecule has 0 spiro atoms. The predicted molar refractivity (Wildman–Crippen MR) is 111 cm³/mol. The number of nitrogens with zero attached hydrogens (tertiary/aromatic N) is 4. The Labute approximate surface area is 166 Å². The Bertz CT molecular complexity index is 954. The van der Waals surface area contributed by atoms with E-state index >= 15 is 0 Å². The third kappa shape index (κ3) is 3.34. The van der Waals surface area contributed by atoms with E-state index in [1.54, 1.807) is 0 Å². The minimum Gasteiger partial charge on any atom is -0.392 e. The molecule has 0 aliphatic carbocycles. The standard InChI is InChI=1S/C23H28N4O/c1-17-12-26-15-20(28)11-19(26)14-25(17)16-23-24-21-9-5-6-10-22(21)27(23)13-18-7-3-2-4-8-18/h2-10,17,19-20,28H,11-16H2,1H3/t17-,19-,20+/m0/s1. The average Bonchev–Trinajstić information content (AvgIpc) is 3.22. The summed E-state index contributed by atoms with van der Waals surface area (Å²) >= 11 is 0. The molecule has 2 fully saturated rings. The molecule has 1 aromatic heterocycles. The Hall–Kier alpha value is -2.21. The zero-order valence-electron chi connectivity index (χ0n) is 16.4. The third-order valence-corrected chi connectivity index (χ3v) is 6.33. The molecule has 2 aliphatic rings. The minimum absolute atomic E-state index is 0.167. The molecular weight excluding hydrogens is 348 g/mol. The third-order valence-electron chi connectivity index (χ3n) is 6.33. The summed E-state index contributed by atoms with van der Waals surface area (Å²) in [5, 5.41) is 10.0. The van der Waals surface area contributed by atoms with Crippen LogP contribution in [0.15, 0.2) is 54.6 Å². The first kappa shape index (κ1) is 17.9. The fourth-order valence-electron chi connectivity index (χ4n) is 4.87. The van der Waals surface area contributed by atoms with E-state index in [1.807, 2.05) is 0 Å². The van der Waals surface area contributed by atoms with Crippen molar-refractivity contribution in [2.24, 2.45) is 0 Å². The highest BCUT2D eigenvalue weighted by molar-refractivity contribution is 5.76. The van der Waals surface area contributed by atoms with Gasteiger partial charge in [0.2, 0.25) is 0 Å². The van der Waals surface area contributed by atoms with Crippen molar-refractivity contribution >= 4 is 11.0 Å². The van der Waals surface area contributed by atoms with Crippen LogP contribution in [0.25, 0.3) is 11.0 Å². The molecule has 28 heavy (non-hydrogen) atoms. The second-order valence-electron chi connectivity index (χ2n) is 8.36. The molecule has 0 radical (unpaired) electrons. The number of aliphatic hydroxyl groups excluding tert-OH is 1. The van der Waals surface area contributed by atoms with E-state index in [0.29, 0.717) is 12.1 Å². The molecule has 0 unspecified atom stereocenters. The predicted octanol–water partition coefficient (Wildman–Crippen LogP) is 2.72. The van der Waals surface area contributed by atoms with Crippen molar-refractivity contribution in [2.75, 3.05) is 19.6 Å². The number of imidazole rings is 1. The fourth-order valence-corrected chi connectivity index (χ4v) is 4.87. The van der Waals surface area contributed by atoms with E-state index in [2.05, 4.69) is 75.9 Å². The monoisotopic (exact) mass is 376 g/mol. The van der Waals surface area contributed by atoms with E-state index in [-0.39, 0.29) is 6.10 Å². The van der Waals surface area contributed by atoms with Gasteiger partial charge in [0.25, 0.3) is 0 Å². The number of aliphatic hydroxyl groups is 1. The van der Waals surface area contributed by atoms with Crippen molar-refractivity contribution in [3.05, 3.63) is 66.0 Å². The number of benzene rings is 2. The normalized spacial score (nSPS) is 26.0. The number of para-hydroxylation sites is 2. The quantitative estimate of drug-likeness (QED) is 0.760. The minimum atomic E-state index is -0.167. The lowest BCUT2D eigenvalue weighted by Crippen LogP contribution is -2.54. The molecule has 2 aliphatic heterocycles. The van der Waals surface area contributed by atoms with Gasteiger partial charge >= 0.3 is 0 Å². The molecule has 5 nitrogen and oxygen atoms in total. The van der Waals surface area contributed by atoms with Crippen LogP contribution in [-0.4, -0.2) is 62.3 Å². The SMILES string of the molecule is C[C@H]1CN2C[C@H](O)C[C@H]2CN1Cc1nc2ccccc2n1Cc1ccccc1. The first-order valence-electron chi connectivity index (χ1n) is 10.3. The molecule has 2 aromatic carbocycles. The van der Waals surface area contributed by atoms with Crippen LogP contribution in [0.4, 0.5) is 0 Å². The van der Waals surface area contributed by atoms with Gasteiger partial charge < -0.3 is 9.67 Å². The second kappa shape index (κ2) is 7.32. The van der Waals surface area contributed by atoms with E-state index in [9.17, 15) is 5.11 Å². The maximum absolute atomic E-state index is 10.0. The summed E-state index contributed by atoms with van der Waals surface area (Å²) in [6, 6.07) is 20.0. The number of piperazine rings is 1. The zero-order chi connectivity index (χ0) is 19.1. The summed E-state index contributed by atoms with van der Waals surface area (Å²) in [7, 11) is 0. The molecule has 2 saturated heterocycles. The maximum atomic E-state index is 10.0. The van der Waals surface area contributed by atoms with Crippen molar-refractivity contribution in [3.8, 4) is 0 Å². The molecule has 0 bridgehead atoms. The molecule has 1 N–H and O–H groups in total. The number of hydrogen-bond acceptors (Lipinski definition) is 4. The van der Waals surface area contributed by atoms with Crippen molar-refractivity contribution in [2.45, 2.75) is 44.6 Å². The summed E-state index contributed by atoms with van der Waals surface area (Å²) in [6.07, 6.45) is 0.726. The van der Waals surface area contributed by atoms with E-state index < -0.39 is 0 Å². The highest BCUT2D eigenvalue weighted by atomic mass is 16.3. The van der Waals surface area contributed by atoms with Gasteiger partial charge in [-0.15, -0.1) is 0 Å². The van der Waals surface area contributed by atoms with E-state index in [4.69, 9.17) is 4.98 Å². The molecule has 3 heterocycles. The van der Waals surface area contributed by atoms with Crippen molar-refractivity contribution in [3.63, 3.8) is 0 Å². The van der Waals surface area contributed by atoms with Crippen molar-refractivity contribution < 1.29 is 5.11 Å². The Morgan fingerprint density at radius 3 is 2.61 bits per heavy atom. The second-order valence-corrected chi connectivity index (χ2v) is 8.36. The molecule has 5 heteroatoms. The van der Waals surface area contributed by atoms with Gasteiger partial charge in [-0.2, -0.15) is 0 Å². The topological polar surface area (TPSA) is 44.5 Å². The van der Waals surface area contributed by atoms with Crippen molar-refractivity contribution in [1.82, 2.24) is 19.4 Å². The van der Waals surface area contributed by atoms with Gasteiger partial charge in [-0.05, 0) is 31.0 Å². The Morgan fingerprint density at radius 1 is 0.964 bits per heavy atom. The van der Waals surface area contributed by atoms with Gasteiger partial charge in [-0.3, -0.25) is 9.80 Å². The summed E-state index contributed by atoms with van der Waals surface area (Å²) in [4.78, 5) is 10.00. The average molecular weight is 377 g/mol. The Balaban J connectivity index is 1.44.